The number of likely N-dealkylation sites (tertiary alicyclic amines) is 1. The first-order chi connectivity index (χ1) is 12.2. The molecule has 0 N–H and O–H groups in total. The van der Waals surface area contributed by atoms with Crippen LogP contribution in [0.3, 0.4) is 0 Å². The lowest BCUT2D eigenvalue weighted by Gasteiger charge is -2.34. The maximum absolute atomic E-state index is 6.03. The van der Waals surface area contributed by atoms with Crippen LogP contribution in [0.1, 0.15) is 46.0 Å². The van der Waals surface area contributed by atoms with Crippen LogP contribution < -0.4 is 4.74 Å². The van der Waals surface area contributed by atoms with E-state index in [1.54, 1.807) is 0 Å². The molecule has 3 rings (SSSR count). The highest BCUT2D eigenvalue weighted by atomic mass is 16.5. The van der Waals surface area contributed by atoms with Crippen molar-refractivity contribution < 1.29 is 4.74 Å². The zero-order valence-electron chi connectivity index (χ0n) is 15.9. The molecule has 0 aliphatic carbocycles. The van der Waals surface area contributed by atoms with Crippen molar-refractivity contribution in [3.05, 3.63) is 42.5 Å². The van der Waals surface area contributed by atoms with Gasteiger partial charge in [-0.05, 0) is 49.1 Å². The first-order valence-corrected chi connectivity index (χ1v) is 10.1. The third-order valence-corrected chi connectivity index (χ3v) is 5.32. The molecular formula is C23H33NO. The number of hydrogen-bond donors (Lipinski definition) is 0. The molecule has 0 amide bonds. The summed E-state index contributed by atoms with van der Waals surface area (Å²) < 4.78 is 6.03. The zero-order chi connectivity index (χ0) is 17.5. The standard InChI is InChI=1S/C23H33NO/c1-19-16-20(2)18-24(17-19)14-7-3-4-8-15-25-23-13-9-11-21-10-5-6-12-22(21)23/h5-6,9-13,19-20H,3-4,7-8,14-18H2,1-2H3/t19-,20-/m1/s1. The fraction of sp³-hybridized carbons (Fsp3) is 0.565. The fourth-order valence-corrected chi connectivity index (χ4v) is 4.27. The van der Waals surface area contributed by atoms with E-state index < -0.39 is 0 Å². The summed E-state index contributed by atoms with van der Waals surface area (Å²) in [4.78, 5) is 2.67. The lowest BCUT2D eigenvalue weighted by molar-refractivity contribution is 0.138. The maximum atomic E-state index is 6.03. The van der Waals surface area contributed by atoms with Gasteiger partial charge in [0.1, 0.15) is 5.75 Å². The van der Waals surface area contributed by atoms with E-state index >= 15 is 0 Å². The van der Waals surface area contributed by atoms with E-state index in [9.17, 15) is 0 Å². The minimum Gasteiger partial charge on any atom is -0.493 e. The minimum atomic E-state index is 0.825. The topological polar surface area (TPSA) is 12.5 Å². The van der Waals surface area contributed by atoms with Crippen LogP contribution in [0, 0.1) is 11.8 Å². The van der Waals surface area contributed by atoms with Crippen molar-refractivity contribution in [3.63, 3.8) is 0 Å². The Bertz CT molecular complexity index is 638. The molecule has 25 heavy (non-hydrogen) atoms. The van der Waals surface area contributed by atoms with Crippen molar-refractivity contribution in [3.8, 4) is 5.75 Å². The molecular weight excluding hydrogens is 306 g/mol. The SMILES string of the molecule is C[C@@H]1C[C@@H](C)CN(CCCCCCOc2cccc3ccccc23)C1. The van der Waals surface area contributed by atoms with Crippen molar-refractivity contribution >= 4 is 10.8 Å². The Hall–Kier alpha value is -1.54. The average molecular weight is 340 g/mol. The van der Waals surface area contributed by atoms with E-state index in [4.69, 9.17) is 4.74 Å². The van der Waals surface area contributed by atoms with Gasteiger partial charge in [-0.25, -0.2) is 0 Å². The summed E-state index contributed by atoms with van der Waals surface area (Å²) >= 11 is 0. The van der Waals surface area contributed by atoms with E-state index in [2.05, 4.69) is 61.2 Å². The van der Waals surface area contributed by atoms with Gasteiger partial charge in [0.2, 0.25) is 0 Å². The zero-order valence-corrected chi connectivity index (χ0v) is 15.9. The molecule has 136 valence electrons. The number of nitrogens with zero attached hydrogens (tertiary/aromatic N) is 1. The van der Waals surface area contributed by atoms with Gasteiger partial charge in [0.05, 0.1) is 6.61 Å². The monoisotopic (exact) mass is 339 g/mol. The van der Waals surface area contributed by atoms with Crippen LogP contribution in [0.25, 0.3) is 10.8 Å². The van der Waals surface area contributed by atoms with Crippen molar-refractivity contribution in [2.24, 2.45) is 11.8 Å². The van der Waals surface area contributed by atoms with E-state index in [1.165, 1.54) is 56.1 Å². The Morgan fingerprint density at radius 3 is 2.44 bits per heavy atom. The first-order valence-electron chi connectivity index (χ1n) is 10.1. The van der Waals surface area contributed by atoms with Crippen LogP contribution in [0.15, 0.2) is 42.5 Å². The number of rotatable bonds is 8. The highest BCUT2D eigenvalue weighted by Gasteiger charge is 2.20. The largest absolute Gasteiger partial charge is 0.493 e. The van der Waals surface area contributed by atoms with Crippen molar-refractivity contribution in [2.45, 2.75) is 46.0 Å². The summed E-state index contributed by atoms with van der Waals surface area (Å²) in [5.41, 5.74) is 0. The molecule has 0 radical (unpaired) electrons. The first kappa shape index (κ1) is 18.3. The molecule has 0 unspecified atom stereocenters. The van der Waals surface area contributed by atoms with Crippen LogP contribution in [-0.2, 0) is 0 Å². The number of fused-ring (bicyclic) bond motifs is 1. The minimum absolute atomic E-state index is 0.825. The van der Waals surface area contributed by atoms with Gasteiger partial charge in [-0.2, -0.15) is 0 Å². The number of piperidine rings is 1. The van der Waals surface area contributed by atoms with E-state index in [0.29, 0.717) is 0 Å². The Morgan fingerprint density at radius 2 is 1.60 bits per heavy atom. The fourth-order valence-electron chi connectivity index (χ4n) is 4.27. The van der Waals surface area contributed by atoms with Gasteiger partial charge in [0.25, 0.3) is 0 Å². The van der Waals surface area contributed by atoms with Gasteiger partial charge in [0.15, 0.2) is 0 Å². The maximum Gasteiger partial charge on any atom is 0.127 e. The van der Waals surface area contributed by atoms with Crippen molar-refractivity contribution in [1.29, 1.82) is 0 Å². The molecule has 1 fully saturated rings. The van der Waals surface area contributed by atoms with Crippen LogP contribution >= 0.6 is 0 Å². The molecule has 1 heterocycles. The lowest BCUT2D eigenvalue weighted by Crippen LogP contribution is -2.39. The van der Waals surface area contributed by atoms with Crippen molar-refractivity contribution in [2.75, 3.05) is 26.2 Å². The lowest BCUT2D eigenvalue weighted by atomic mass is 9.92. The molecule has 2 aromatic carbocycles. The molecule has 2 aromatic rings. The number of unbranched alkanes of at least 4 members (excludes halogenated alkanes) is 3. The number of ether oxygens (including phenoxy) is 1. The summed E-state index contributed by atoms with van der Waals surface area (Å²) in [7, 11) is 0. The van der Waals surface area contributed by atoms with Crippen LogP contribution in [0.4, 0.5) is 0 Å². The molecule has 2 nitrogen and oxygen atoms in total. The molecule has 0 aromatic heterocycles. The predicted molar refractivity (Wildman–Crippen MR) is 107 cm³/mol. The third kappa shape index (κ3) is 5.47. The summed E-state index contributed by atoms with van der Waals surface area (Å²) in [6, 6.07) is 14.8. The number of hydrogen-bond acceptors (Lipinski definition) is 2. The quantitative estimate of drug-likeness (QED) is 0.567. The average Bonchev–Trinajstić information content (AvgIpc) is 2.60. The summed E-state index contributed by atoms with van der Waals surface area (Å²) in [5.74, 6) is 2.77. The molecule has 2 atom stereocenters. The van der Waals surface area contributed by atoms with Crippen LogP contribution in [-0.4, -0.2) is 31.1 Å². The molecule has 0 bridgehead atoms. The Kier molecular flexibility index (Phi) is 6.75. The van der Waals surface area contributed by atoms with E-state index in [0.717, 1.165) is 30.6 Å². The van der Waals surface area contributed by atoms with E-state index in [1.807, 2.05) is 0 Å². The Labute approximate surface area is 153 Å². The van der Waals surface area contributed by atoms with E-state index in [-0.39, 0.29) is 0 Å². The highest BCUT2D eigenvalue weighted by molar-refractivity contribution is 5.88. The number of benzene rings is 2. The molecule has 0 spiro atoms. The van der Waals surface area contributed by atoms with Crippen molar-refractivity contribution in [1.82, 2.24) is 4.90 Å². The van der Waals surface area contributed by atoms with Gasteiger partial charge in [0, 0.05) is 18.5 Å². The second kappa shape index (κ2) is 9.24. The highest BCUT2D eigenvalue weighted by Crippen LogP contribution is 2.25. The predicted octanol–water partition coefficient (Wildman–Crippen LogP) is 5.76. The van der Waals surface area contributed by atoms with Gasteiger partial charge < -0.3 is 9.64 Å². The summed E-state index contributed by atoms with van der Waals surface area (Å²) in [5, 5.41) is 2.48. The smallest absolute Gasteiger partial charge is 0.127 e. The summed E-state index contributed by atoms with van der Waals surface area (Å²) in [6.07, 6.45) is 6.47. The second-order valence-electron chi connectivity index (χ2n) is 7.95. The molecule has 2 heteroatoms. The summed E-state index contributed by atoms with van der Waals surface area (Å²) in [6.45, 7) is 9.49. The Morgan fingerprint density at radius 1 is 0.880 bits per heavy atom. The van der Waals surface area contributed by atoms with Crippen LogP contribution in [0.2, 0.25) is 0 Å². The van der Waals surface area contributed by atoms with Gasteiger partial charge in [-0.3, -0.25) is 0 Å². The third-order valence-electron chi connectivity index (χ3n) is 5.32. The van der Waals surface area contributed by atoms with Gasteiger partial charge in [-0.15, -0.1) is 0 Å². The molecule has 1 aliphatic heterocycles. The van der Waals surface area contributed by atoms with Gasteiger partial charge in [-0.1, -0.05) is 63.1 Å². The Balaban J connectivity index is 1.31. The normalized spacial score (nSPS) is 21.5. The second-order valence-corrected chi connectivity index (χ2v) is 7.95. The van der Waals surface area contributed by atoms with Gasteiger partial charge >= 0.3 is 0 Å². The molecule has 1 aliphatic rings. The van der Waals surface area contributed by atoms with Crippen LogP contribution in [0.5, 0.6) is 5.75 Å². The molecule has 1 saturated heterocycles. The molecule has 0 saturated carbocycles.